The molecule has 0 saturated carbocycles. The van der Waals surface area contributed by atoms with Crippen LogP contribution >= 0.6 is 0 Å². The molecule has 20 heavy (non-hydrogen) atoms. The molecule has 0 radical (unpaired) electrons. The first-order valence-electron chi connectivity index (χ1n) is 7.26. The van der Waals surface area contributed by atoms with Crippen LogP contribution in [0.25, 0.3) is 0 Å². The van der Waals surface area contributed by atoms with Gasteiger partial charge in [-0.2, -0.15) is 5.26 Å². The molecule has 0 aromatic heterocycles. The number of hydrogen-bond acceptors (Lipinski definition) is 2. The van der Waals surface area contributed by atoms with Gasteiger partial charge in [-0.05, 0) is 24.5 Å². The fourth-order valence-electron chi connectivity index (χ4n) is 1.89. The molecule has 0 bridgehead atoms. The first-order chi connectivity index (χ1) is 9.88. The largest absolute Gasteiger partial charge is 0.365 e. The normalized spacial score (nSPS) is 12.8. The molecule has 0 aliphatic heterocycles. The van der Waals surface area contributed by atoms with E-state index >= 15 is 0 Å². The molecule has 0 aliphatic rings. The highest BCUT2D eigenvalue weighted by Gasteiger charge is 2.06. The van der Waals surface area contributed by atoms with Gasteiger partial charge in [-0.3, -0.25) is 0 Å². The van der Waals surface area contributed by atoms with E-state index in [0.717, 1.165) is 12.0 Å². The summed E-state index contributed by atoms with van der Waals surface area (Å²) in [6, 6.07) is 12.0. The number of allylic oxidation sites excluding steroid dienone is 2. The van der Waals surface area contributed by atoms with E-state index in [1.807, 2.05) is 36.4 Å². The summed E-state index contributed by atoms with van der Waals surface area (Å²) >= 11 is 0. The van der Waals surface area contributed by atoms with Crippen LogP contribution in [-0.2, 0) is 4.74 Å². The Bertz CT molecular complexity index is 442. The zero-order chi connectivity index (χ0) is 14.5. The molecule has 2 heteroatoms. The van der Waals surface area contributed by atoms with Crippen LogP contribution in [0.15, 0.2) is 54.6 Å². The van der Waals surface area contributed by atoms with Gasteiger partial charge in [0, 0.05) is 6.08 Å². The van der Waals surface area contributed by atoms with E-state index in [0.29, 0.717) is 6.61 Å². The summed E-state index contributed by atoms with van der Waals surface area (Å²) in [6.45, 7) is 2.78. The molecular formula is C18H23NO. The molecule has 0 unspecified atom stereocenters. The second-order valence-corrected chi connectivity index (χ2v) is 4.62. The fourth-order valence-corrected chi connectivity index (χ4v) is 1.89. The average molecular weight is 269 g/mol. The maximum absolute atomic E-state index is 8.65. The highest BCUT2D eigenvalue weighted by atomic mass is 16.5. The molecule has 0 amide bonds. The van der Waals surface area contributed by atoms with Crippen molar-refractivity contribution in [1.29, 1.82) is 5.26 Å². The van der Waals surface area contributed by atoms with E-state index in [1.54, 1.807) is 6.08 Å². The van der Waals surface area contributed by atoms with Crippen molar-refractivity contribution in [3.05, 3.63) is 60.2 Å². The number of rotatable bonds is 9. The maximum Gasteiger partial charge on any atom is 0.102 e. The smallest absolute Gasteiger partial charge is 0.102 e. The maximum atomic E-state index is 8.65. The minimum atomic E-state index is -0.156. The minimum absolute atomic E-state index is 0.156. The summed E-state index contributed by atoms with van der Waals surface area (Å²) in [5.74, 6) is 0. The number of nitriles is 1. The Morgan fingerprint density at radius 2 is 2.00 bits per heavy atom. The second-order valence-electron chi connectivity index (χ2n) is 4.62. The summed E-state index contributed by atoms with van der Waals surface area (Å²) in [5.41, 5.74) is 1.07. The Labute approximate surface area is 122 Å². The third-order valence-corrected chi connectivity index (χ3v) is 2.99. The van der Waals surface area contributed by atoms with Crippen LogP contribution in [0.1, 0.15) is 44.3 Å². The van der Waals surface area contributed by atoms with Gasteiger partial charge in [-0.1, -0.05) is 62.2 Å². The van der Waals surface area contributed by atoms with Crippen LogP contribution in [0.2, 0.25) is 0 Å². The molecule has 2 nitrogen and oxygen atoms in total. The van der Waals surface area contributed by atoms with E-state index in [-0.39, 0.29) is 6.10 Å². The van der Waals surface area contributed by atoms with E-state index in [4.69, 9.17) is 10.00 Å². The lowest BCUT2D eigenvalue weighted by atomic mass is 10.1. The van der Waals surface area contributed by atoms with E-state index in [9.17, 15) is 0 Å². The molecule has 0 heterocycles. The SMILES string of the molecule is CCCCC/C=C/CO[C@@H](/C=C/C#N)c1ccccc1. The Kier molecular flexibility index (Phi) is 8.93. The van der Waals surface area contributed by atoms with Crippen molar-refractivity contribution in [2.45, 2.75) is 38.7 Å². The molecule has 0 spiro atoms. The van der Waals surface area contributed by atoms with Crippen LogP contribution in [0.4, 0.5) is 0 Å². The lowest BCUT2D eigenvalue weighted by molar-refractivity contribution is 0.110. The van der Waals surface area contributed by atoms with E-state index in [2.05, 4.69) is 19.1 Å². The molecule has 1 rings (SSSR count). The lowest BCUT2D eigenvalue weighted by Crippen LogP contribution is -2.01. The van der Waals surface area contributed by atoms with Crippen molar-refractivity contribution >= 4 is 0 Å². The van der Waals surface area contributed by atoms with Crippen molar-refractivity contribution in [1.82, 2.24) is 0 Å². The minimum Gasteiger partial charge on any atom is -0.365 e. The first kappa shape index (κ1) is 16.2. The predicted molar refractivity (Wildman–Crippen MR) is 83.2 cm³/mol. The zero-order valence-electron chi connectivity index (χ0n) is 12.2. The van der Waals surface area contributed by atoms with Gasteiger partial charge in [0.25, 0.3) is 0 Å². The summed E-state index contributed by atoms with van der Waals surface area (Å²) in [6.07, 6.45) is 12.2. The summed E-state index contributed by atoms with van der Waals surface area (Å²) < 4.78 is 5.81. The van der Waals surface area contributed by atoms with E-state index in [1.165, 1.54) is 25.3 Å². The van der Waals surface area contributed by atoms with Gasteiger partial charge in [0.2, 0.25) is 0 Å². The Hall–Kier alpha value is -1.85. The number of unbranched alkanes of at least 4 members (excludes halogenated alkanes) is 3. The molecule has 106 valence electrons. The lowest BCUT2D eigenvalue weighted by Gasteiger charge is -2.12. The standard InChI is InChI=1S/C18H23NO/c1-2-3-4-5-6-10-16-20-18(14-11-15-19)17-12-8-7-9-13-17/h6-14,18H,2-5,16H2,1H3/b10-6+,14-11+/t18-/m0/s1. The second kappa shape index (κ2) is 11.0. The van der Waals surface area contributed by atoms with Crippen molar-refractivity contribution in [2.24, 2.45) is 0 Å². The summed E-state index contributed by atoms with van der Waals surface area (Å²) in [7, 11) is 0. The highest BCUT2D eigenvalue weighted by Crippen LogP contribution is 2.18. The van der Waals surface area contributed by atoms with Crippen molar-refractivity contribution in [3.63, 3.8) is 0 Å². The third kappa shape index (κ3) is 6.92. The monoisotopic (exact) mass is 269 g/mol. The highest BCUT2D eigenvalue weighted by molar-refractivity contribution is 5.23. The van der Waals surface area contributed by atoms with Crippen LogP contribution in [0.5, 0.6) is 0 Å². The van der Waals surface area contributed by atoms with Crippen LogP contribution in [0, 0.1) is 11.3 Å². The molecule has 1 aromatic carbocycles. The average Bonchev–Trinajstić information content (AvgIpc) is 2.50. The molecular weight excluding hydrogens is 246 g/mol. The van der Waals surface area contributed by atoms with Gasteiger partial charge in [0.1, 0.15) is 6.10 Å². The third-order valence-electron chi connectivity index (χ3n) is 2.99. The molecule has 1 aromatic rings. The van der Waals surface area contributed by atoms with Crippen molar-refractivity contribution < 1.29 is 4.74 Å². The Morgan fingerprint density at radius 1 is 1.20 bits per heavy atom. The van der Waals surface area contributed by atoms with Crippen LogP contribution in [-0.4, -0.2) is 6.61 Å². The number of hydrogen-bond donors (Lipinski definition) is 0. The van der Waals surface area contributed by atoms with Gasteiger partial charge in [-0.15, -0.1) is 0 Å². The van der Waals surface area contributed by atoms with Crippen LogP contribution < -0.4 is 0 Å². The fraction of sp³-hybridized carbons (Fsp3) is 0.389. The first-order valence-corrected chi connectivity index (χ1v) is 7.26. The van der Waals surface area contributed by atoms with Gasteiger partial charge in [0.15, 0.2) is 0 Å². The molecule has 0 aliphatic carbocycles. The zero-order valence-corrected chi connectivity index (χ0v) is 12.2. The predicted octanol–water partition coefficient (Wildman–Crippen LogP) is 4.96. The number of nitrogens with zero attached hydrogens (tertiary/aromatic N) is 1. The number of ether oxygens (including phenoxy) is 1. The van der Waals surface area contributed by atoms with Crippen molar-refractivity contribution in [3.8, 4) is 6.07 Å². The van der Waals surface area contributed by atoms with Gasteiger partial charge < -0.3 is 4.74 Å². The summed E-state index contributed by atoms with van der Waals surface area (Å²) in [4.78, 5) is 0. The molecule has 1 atom stereocenters. The molecule has 0 N–H and O–H groups in total. The van der Waals surface area contributed by atoms with Crippen LogP contribution in [0.3, 0.4) is 0 Å². The van der Waals surface area contributed by atoms with E-state index < -0.39 is 0 Å². The van der Waals surface area contributed by atoms with Gasteiger partial charge in [-0.25, -0.2) is 0 Å². The van der Waals surface area contributed by atoms with Gasteiger partial charge >= 0.3 is 0 Å². The Morgan fingerprint density at radius 3 is 2.70 bits per heavy atom. The van der Waals surface area contributed by atoms with Crippen molar-refractivity contribution in [2.75, 3.05) is 6.61 Å². The summed E-state index contributed by atoms with van der Waals surface area (Å²) in [5, 5.41) is 8.65. The van der Waals surface area contributed by atoms with Gasteiger partial charge in [0.05, 0.1) is 12.7 Å². The quantitative estimate of drug-likeness (QED) is 0.360. The topological polar surface area (TPSA) is 33.0 Å². The molecule has 0 fully saturated rings. The Balaban J connectivity index is 2.43. The number of benzene rings is 1. The molecule has 0 saturated heterocycles.